The van der Waals surface area contributed by atoms with Crippen LogP contribution in [0.15, 0.2) is 79.1 Å². The first-order chi connectivity index (χ1) is 14.2. The summed E-state index contributed by atoms with van der Waals surface area (Å²) >= 11 is 0. The number of ether oxygens (including phenoxy) is 2. The number of nitrogens with one attached hydrogen (secondary N) is 1. The van der Waals surface area contributed by atoms with Crippen LogP contribution in [-0.2, 0) is 17.8 Å². The Labute approximate surface area is 171 Å². The van der Waals surface area contributed by atoms with Crippen LogP contribution in [0.1, 0.15) is 16.7 Å². The van der Waals surface area contributed by atoms with Gasteiger partial charge in [0.15, 0.2) is 11.5 Å². The van der Waals surface area contributed by atoms with E-state index in [9.17, 15) is 4.79 Å². The zero-order valence-electron chi connectivity index (χ0n) is 16.4. The molecule has 1 aromatic heterocycles. The third kappa shape index (κ3) is 6.50. The van der Waals surface area contributed by atoms with Gasteiger partial charge in [0.25, 0.3) is 0 Å². The summed E-state index contributed by atoms with van der Waals surface area (Å²) in [5.41, 5.74) is 3.09. The van der Waals surface area contributed by atoms with Crippen LogP contribution >= 0.6 is 0 Å². The van der Waals surface area contributed by atoms with Crippen molar-refractivity contribution in [2.24, 2.45) is 0 Å². The predicted molar refractivity (Wildman–Crippen MR) is 114 cm³/mol. The van der Waals surface area contributed by atoms with Gasteiger partial charge in [-0.25, -0.2) is 0 Å². The lowest BCUT2D eigenvalue weighted by Gasteiger charge is -2.12. The van der Waals surface area contributed by atoms with Crippen LogP contribution in [0.2, 0.25) is 0 Å². The highest BCUT2D eigenvalue weighted by molar-refractivity contribution is 5.91. The normalized spacial score (nSPS) is 10.7. The lowest BCUT2D eigenvalue weighted by molar-refractivity contribution is -0.116. The van der Waals surface area contributed by atoms with Crippen molar-refractivity contribution < 1.29 is 14.3 Å². The lowest BCUT2D eigenvalue weighted by atomic mass is 10.1. The topological polar surface area (TPSA) is 60.5 Å². The van der Waals surface area contributed by atoms with Crippen LogP contribution in [0, 0.1) is 0 Å². The predicted octanol–water partition coefficient (Wildman–Crippen LogP) is 4.04. The Morgan fingerprint density at radius 3 is 2.55 bits per heavy atom. The third-order valence-corrected chi connectivity index (χ3v) is 4.31. The number of carbonyl (C=O) groups is 1. The maximum Gasteiger partial charge on any atom is 0.244 e. The second kappa shape index (κ2) is 10.7. The smallest absolute Gasteiger partial charge is 0.244 e. The summed E-state index contributed by atoms with van der Waals surface area (Å²) in [6.45, 7) is 1.00. The van der Waals surface area contributed by atoms with Gasteiger partial charge in [-0.05, 0) is 53.5 Å². The number of hydrogen-bond acceptors (Lipinski definition) is 4. The van der Waals surface area contributed by atoms with Gasteiger partial charge in [0.2, 0.25) is 5.91 Å². The summed E-state index contributed by atoms with van der Waals surface area (Å²) in [4.78, 5) is 15.9. The summed E-state index contributed by atoms with van der Waals surface area (Å²) in [7, 11) is 1.62. The highest BCUT2D eigenvalue weighted by Crippen LogP contribution is 2.29. The van der Waals surface area contributed by atoms with E-state index in [2.05, 4.69) is 10.3 Å². The molecule has 1 heterocycles. The van der Waals surface area contributed by atoms with Crippen molar-refractivity contribution in [2.45, 2.75) is 13.0 Å². The van der Waals surface area contributed by atoms with Crippen molar-refractivity contribution in [3.63, 3.8) is 0 Å². The first-order valence-electron chi connectivity index (χ1n) is 9.44. The monoisotopic (exact) mass is 388 g/mol. The minimum absolute atomic E-state index is 0.129. The van der Waals surface area contributed by atoms with Crippen molar-refractivity contribution in [1.82, 2.24) is 10.3 Å². The van der Waals surface area contributed by atoms with E-state index in [1.165, 1.54) is 6.08 Å². The van der Waals surface area contributed by atoms with E-state index in [4.69, 9.17) is 9.47 Å². The molecule has 0 bridgehead atoms. The standard InChI is InChI=1S/C24H24N2O3/c1-28-22-9-7-20(17-23(22)29-18-21-5-3-2-4-6-21)13-16-26-24(27)10-8-19-11-14-25-15-12-19/h2-12,14-15,17H,13,16,18H2,1H3,(H,26,27)/b10-8+. The number of amides is 1. The molecular formula is C24H24N2O3. The van der Waals surface area contributed by atoms with E-state index in [1.54, 1.807) is 25.6 Å². The SMILES string of the molecule is COc1ccc(CCNC(=O)/C=C/c2ccncc2)cc1OCc1ccccc1. The Bertz CT molecular complexity index is 941. The fourth-order valence-corrected chi connectivity index (χ4v) is 2.76. The van der Waals surface area contributed by atoms with Crippen LogP contribution in [0.25, 0.3) is 6.08 Å². The van der Waals surface area contributed by atoms with Gasteiger partial charge < -0.3 is 14.8 Å². The molecule has 3 aromatic rings. The highest BCUT2D eigenvalue weighted by Gasteiger charge is 2.07. The number of carbonyl (C=O) groups excluding carboxylic acids is 1. The average molecular weight is 388 g/mol. The van der Waals surface area contributed by atoms with Crippen molar-refractivity contribution in [3.05, 3.63) is 95.8 Å². The van der Waals surface area contributed by atoms with Gasteiger partial charge in [0.1, 0.15) is 6.61 Å². The van der Waals surface area contributed by atoms with Crippen molar-refractivity contribution in [2.75, 3.05) is 13.7 Å². The molecule has 0 radical (unpaired) electrons. The molecular weight excluding hydrogens is 364 g/mol. The van der Waals surface area contributed by atoms with Gasteiger partial charge in [-0.1, -0.05) is 36.4 Å². The second-order valence-corrected chi connectivity index (χ2v) is 6.41. The van der Waals surface area contributed by atoms with Crippen molar-refractivity contribution in [1.29, 1.82) is 0 Å². The van der Waals surface area contributed by atoms with Crippen LogP contribution < -0.4 is 14.8 Å². The van der Waals surface area contributed by atoms with E-state index in [0.29, 0.717) is 31.1 Å². The summed E-state index contributed by atoms with van der Waals surface area (Å²) in [5.74, 6) is 1.25. The number of pyridine rings is 1. The average Bonchev–Trinajstić information content (AvgIpc) is 2.78. The van der Waals surface area contributed by atoms with Crippen LogP contribution in [0.4, 0.5) is 0 Å². The van der Waals surface area contributed by atoms with Gasteiger partial charge in [-0.2, -0.15) is 0 Å². The number of aromatic nitrogens is 1. The lowest BCUT2D eigenvalue weighted by Crippen LogP contribution is -2.23. The highest BCUT2D eigenvalue weighted by atomic mass is 16.5. The molecule has 0 aliphatic heterocycles. The number of rotatable bonds is 9. The van der Waals surface area contributed by atoms with Crippen LogP contribution in [-0.4, -0.2) is 24.5 Å². The van der Waals surface area contributed by atoms with E-state index < -0.39 is 0 Å². The first kappa shape index (κ1) is 20.1. The maximum atomic E-state index is 12.0. The van der Waals surface area contributed by atoms with Gasteiger partial charge in [-0.15, -0.1) is 0 Å². The molecule has 148 valence electrons. The summed E-state index contributed by atoms with van der Waals surface area (Å²) < 4.78 is 11.3. The van der Waals surface area contributed by atoms with Crippen molar-refractivity contribution >= 4 is 12.0 Å². The summed E-state index contributed by atoms with van der Waals surface area (Å²) in [6.07, 6.45) is 7.37. The van der Waals surface area contributed by atoms with E-state index >= 15 is 0 Å². The van der Waals surface area contributed by atoms with E-state index in [0.717, 1.165) is 16.7 Å². The fraction of sp³-hybridized carbons (Fsp3) is 0.167. The molecule has 0 saturated heterocycles. The molecule has 0 aliphatic carbocycles. The van der Waals surface area contributed by atoms with E-state index in [1.807, 2.05) is 60.7 Å². The molecule has 0 unspecified atom stereocenters. The molecule has 0 spiro atoms. The molecule has 0 atom stereocenters. The largest absolute Gasteiger partial charge is 0.493 e. The van der Waals surface area contributed by atoms with Gasteiger partial charge in [-0.3, -0.25) is 9.78 Å². The van der Waals surface area contributed by atoms with Crippen LogP contribution in [0.5, 0.6) is 11.5 Å². The number of benzene rings is 2. The first-order valence-corrected chi connectivity index (χ1v) is 9.44. The molecule has 0 aliphatic rings. The summed E-state index contributed by atoms with van der Waals surface area (Å²) in [5, 5.41) is 2.89. The Morgan fingerprint density at radius 1 is 1.00 bits per heavy atom. The van der Waals surface area contributed by atoms with Gasteiger partial charge in [0.05, 0.1) is 7.11 Å². The minimum atomic E-state index is -0.129. The van der Waals surface area contributed by atoms with Gasteiger partial charge in [0, 0.05) is 25.0 Å². The fourth-order valence-electron chi connectivity index (χ4n) is 2.76. The number of methoxy groups -OCH3 is 1. The Hall–Kier alpha value is -3.60. The Kier molecular flexibility index (Phi) is 7.41. The minimum Gasteiger partial charge on any atom is -0.493 e. The molecule has 2 aromatic carbocycles. The Balaban J connectivity index is 1.52. The van der Waals surface area contributed by atoms with E-state index in [-0.39, 0.29) is 5.91 Å². The molecule has 3 rings (SSSR count). The molecule has 29 heavy (non-hydrogen) atoms. The zero-order chi connectivity index (χ0) is 20.3. The number of hydrogen-bond donors (Lipinski definition) is 1. The van der Waals surface area contributed by atoms with Crippen LogP contribution in [0.3, 0.4) is 0 Å². The maximum absolute atomic E-state index is 12.0. The second-order valence-electron chi connectivity index (χ2n) is 6.41. The zero-order valence-corrected chi connectivity index (χ0v) is 16.4. The van der Waals surface area contributed by atoms with Crippen molar-refractivity contribution in [3.8, 4) is 11.5 Å². The molecule has 5 heteroatoms. The Morgan fingerprint density at radius 2 is 1.79 bits per heavy atom. The van der Waals surface area contributed by atoms with Gasteiger partial charge >= 0.3 is 0 Å². The quantitative estimate of drug-likeness (QED) is 0.562. The molecule has 5 nitrogen and oxygen atoms in total. The number of nitrogens with zero attached hydrogens (tertiary/aromatic N) is 1. The molecule has 1 amide bonds. The molecule has 0 fully saturated rings. The molecule has 0 saturated carbocycles. The summed E-state index contributed by atoms with van der Waals surface area (Å²) in [6, 6.07) is 19.5. The third-order valence-electron chi connectivity index (χ3n) is 4.31. The molecule has 1 N–H and O–H groups in total.